The summed E-state index contributed by atoms with van der Waals surface area (Å²) in [6, 6.07) is 7.23. The lowest BCUT2D eigenvalue weighted by Crippen LogP contribution is -2.30. The normalized spacial score (nSPS) is 11.5. The highest BCUT2D eigenvalue weighted by Gasteiger charge is 2.06. The largest absolute Gasteiger partial charge is 0.461 e. The first-order chi connectivity index (χ1) is 9.63. The number of rotatable bonds is 9. The monoisotopic (exact) mass is 314 g/mol. The Balaban J connectivity index is 0.00000400. The molecule has 1 rings (SSSR count). The fourth-order valence-electron chi connectivity index (χ4n) is 1.95. The van der Waals surface area contributed by atoms with Crippen molar-refractivity contribution < 1.29 is 9.53 Å². The van der Waals surface area contributed by atoms with Gasteiger partial charge in [0, 0.05) is 18.3 Å². The molecular formula is C16H27ClN2O2. The van der Waals surface area contributed by atoms with E-state index < -0.39 is 0 Å². The SMILES string of the molecule is CCCCCC(C)NCCOC(=O)c1ccc(N)cc1.Cl. The van der Waals surface area contributed by atoms with E-state index in [9.17, 15) is 4.79 Å². The molecule has 5 heteroatoms. The minimum atomic E-state index is -0.301. The highest BCUT2D eigenvalue weighted by Crippen LogP contribution is 2.06. The van der Waals surface area contributed by atoms with Gasteiger partial charge in [0.25, 0.3) is 0 Å². The van der Waals surface area contributed by atoms with Gasteiger partial charge >= 0.3 is 5.97 Å². The molecule has 1 aromatic rings. The number of hydrogen-bond acceptors (Lipinski definition) is 4. The van der Waals surface area contributed by atoms with Gasteiger partial charge in [0.1, 0.15) is 6.61 Å². The molecular weight excluding hydrogens is 288 g/mol. The van der Waals surface area contributed by atoms with Crippen LogP contribution in [0.3, 0.4) is 0 Å². The minimum absolute atomic E-state index is 0. The molecule has 3 N–H and O–H groups in total. The lowest BCUT2D eigenvalue weighted by molar-refractivity contribution is 0.0506. The van der Waals surface area contributed by atoms with Crippen LogP contribution in [-0.2, 0) is 4.74 Å². The van der Waals surface area contributed by atoms with Crippen molar-refractivity contribution >= 4 is 24.1 Å². The maximum Gasteiger partial charge on any atom is 0.338 e. The first kappa shape index (κ1) is 19.7. The molecule has 0 aliphatic carbocycles. The molecule has 0 bridgehead atoms. The average Bonchev–Trinajstić information content (AvgIpc) is 2.44. The van der Waals surface area contributed by atoms with E-state index in [2.05, 4.69) is 19.2 Å². The van der Waals surface area contributed by atoms with Crippen LogP contribution >= 0.6 is 12.4 Å². The fourth-order valence-corrected chi connectivity index (χ4v) is 1.95. The van der Waals surface area contributed by atoms with Crippen molar-refractivity contribution in [1.29, 1.82) is 0 Å². The number of nitrogen functional groups attached to an aromatic ring is 1. The Morgan fingerprint density at radius 1 is 1.29 bits per heavy atom. The van der Waals surface area contributed by atoms with Crippen molar-refractivity contribution in [3.05, 3.63) is 29.8 Å². The Morgan fingerprint density at radius 3 is 2.57 bits per heavy atom. The van der Waals surface area contributed by atoms with Crippen molar-refractivity contribution in [3.63, 3.8) is 0 Å². The highest BCUT2D eigenvalue weighted by atomic mass is 35.5. The van der Waals surface area contributed by atoms with Crippen molar-refractivity contribution in [1.82, 2.24) is 5.32 Å². The highest BCUT2D eigenvalue weighted by molar-refractivity contribution is 5.89. The minimum Gasteiger partial charge on any atom is -0.461 e. The maximum atomic E-state index is 11.7. The van der Waals surface area contributed by atoms with Gasteiger partial charge in [0.05, 0.1) is 5.56 Å². The summed E-state index contributed by atoms with van der Waals surface area (Å²) in [6.45, 7) is 5.45. The molecule has 120 valence electrons. The molecule has 0 saturated heterocycles. The third-order valence-electron chi connectivity index (χ3n) is 3.22. The smallest absolute Gasteiger partial charge is 0.338 e. The number of carbonyl (C=O) groups is 1. The Kier molecular flexibility index (Phi) is 10.7. The van der Waals surface area contributed by atoms with E-state index in [0.717, 1.165) is 0 Å². The van der Waals surface area contributed by atoms with Crippen LogP contribution in [0.5, 0.6) is 0 Å². The van der Waals surface area contributed by atoms with Crippen LogP contribution in [0.4, 0.5) is 5.69 Å². The van der Waals surface area contributed by atoms with Crippen LogP contribution in [0.2, 0.25) is 0 Å². The Labute approximate surface area is 133 Å². The number of esters is 1. The second-order valence-electron chi connectivity index (χ2n) is 5.11. The maximum absolute atomic E-state index is 11.7. The second kappa shape index (κ2) is 11.4. The lowest BCUT2D eigenvalue weighted by Gasteiger charge is -2.13. The number of halogens is 1. The summed E-state index contributed by atoms with van der Waals surface area (Å²) in [4.78, 5) is 11.7. The number of benzene rings is 1. The van der Waals surface area contributed by atoms with E-state index >= 15 is 0 Å². The Bertz CT molecular complexity index is 396. The first-order valence-electron chi connectivity index (χ1n) is 7.39. The molecule has 0 amide bonds. The third-order valence-corrected chi connectivity index (χ3v) is 3.22. The number of unbranched alkanes of at least 4 members (excludes halogenated alkanes) is 2. The van der Waals surface area contributed by atoms with E-state index in [-0.39, 0.29) is 18.4 Å². The molecule has 0 aromatic heterocycles. The Morgan fingerprint density at radius 2 is 1.95 bits per heavy atom. The lowest BCUT2D eigenvalue weighted by atomic mass is 10.1. The number of nitrogens with one attached hydrogen (secondary N) is 1. The summed E-state index contributed by atoms with van der Waals surface area (Å²) >= 11 is 0. The molecule has 0 heterocycles. The van der Waals surface area contributed by atoms with Crippen LogP contribution in [0, 0.1) is 0 Å². The summed E-state index contributed by atoms with van der Waals surface area (Å²) in [5.41, 5.74) is 6.75. The molecule has 0 aliphatic heterocycles. The van der Waals surface area contributed by atoms with E-state index in [1.54, 1.807) is 24.3 Å². The number of hydrogen-bond donors (Lipinski definition) is 2. The second-order valence-corrected chi connectivity index (χ2v) is 5.11. The number of carbonyl (C=O) groups excluding carboxylic acids is 1. The zero-order valence-corrected chi connectivity index (χ0v) is 13.7. The number of anilines is 1. The van der Waals surface area contributed by atoms with Gasteiger partial charge in [-0.15, -0.1) is 12.4 Å². The fraction of sp³-hybridized carbons (Fsp3) is 0.562. The number of nitrogens with two attached hydrogens (primary N) is 1. The molecule has 1 aromatic carbocycles. The van der Waals surface area contributed by atoms with Crippen molar-refractivity contribution in [2.24, 2.45) is 0 Å². The van der Waals surface area contributed by atoms with Gasteiger partial charge in [-0.25, -0.2) is 4.79 Å². The molecule has 0 saturated carbocycles. The van der Waals surface area contributed by atoms with Crippen LogP contribution in [-0.4, -0.2) is 25.2 Å². The summed E-state index contributed by atoms with van der Waals surface area (Å²) in [5, 5.41) is 3.36. The van der Waals surface area contributed by atoms with Gasteiger partial charge in [-0.1, -0.05) is 26.2 Å². The zero-order valence-electron chi connectivity index (χ0n) is 12.9. The molecule has 1 unspecified atom stereocenters. The molecule has 0 radical (unpaired) electrons. The quantitative estimate of drug-likeness (QED) is 0.416. The van der Waals surface area contributed by atoms with Crippen LogP contribution < -0.4 is 11.1 Å². The van der Waals surface area contributed by atoms with Gasteiger partial charge in [0.2, 0.25) is 0 Å². The van der Waals surface area contributed by atoms with E-state index in [1.807, 2.05) is 0 Å². The predicted octanol–water partition coefficient (Wildman–Crippen LogP) is 3.41. The predicted molar refractivity (Wildman–Crippen MR) is 90.0 cm³/mol. The van der Waals surface area contributed by atoms with Gasteiger partial charge in [-0.2, -0.15) is 0 Å². The average molecular weight is 315 g/mol. The molecule has 4 nitrogen and oxygen atoms in total. The molecule has 1 atom stereocenters. The molecule has 0 aliphatic rings. The van der Waals surface area contributed by atoms with Crippen molar-refractivity contribution in [3.8, 4) is 0 Å². The van der Waals surface area contributed by atoms with Gasteiger partial charge in [0.15, 0.2) is 0 Å². The molecule has 0 fully saturated rings. The molecule has 21 heavy (non-hydrogen) atoms. The van der Waals surface area contributed by atoms with Crippen LogP contribution in [0.25, 0.3) is 0 Å². The van der Waals surface area contributed by atoms with Crippen LogP contribution in [0.1, 0.15) is 49.9 Å². The van der Waals surface area contributed by atoms with Gasteiger partial charge in [-0.3, -0.25) is 0 Å². The third kappa shape index (κ3) is 8.58. The van der Waals surface area contributed by atoms with E-state index in [0.29, 0.717) is 30.4 Å². The van der Waals surface area contributed by atoms with E-state index in [1.165, 1.54) is 25.7 Å². The standard InChI is InChI=1S/C16H26N2O2.ClH/c1-3-4-5-6-13(2)18-11-12-20-16(19)14-7-9-15(17)10-8-14;/h7-10,13,18H,3-6,11-12,17H2,1-2H3;1H. The van der Waals surface area contributed by atoms with Crippen LogP contribution in [0.15, 0.2) is 24.3 Å². The van der Waals surface area contributed by atoms with Gasteiger partial charge < -0.3 is 15.8 Å². The Hall–Kier alpha value is -1.26. The summed E-state index contributed by atoms with van der Waals surface area (Å²) in [6.07, 6.45) is 4.93. The zero-order chi connectivity index (χ0) is 14.8. The molecule has 0 spiro atoms. The summed E-state index contributed by atoms with van der Waals surface area (Å²) < 4.78 is 5.20. The summed E-state index contributed by atoms with van der Waals surface area (Å²) in [5.74, 6) is -0.301. The topological polar surface area (TPSA) is 64.3 Å². The number of ether oxygens (including phenoxy) is 1. The van der Waals surface area contributed by atoms with Crippen molar-refractivity contribution in [2.75, 3.05) is 18.9 Å². The van der Waals surface area contributed by atoms with Gasteiger partial charge in [-0.05, 0) is 37.6 Å². The first-order valence-corrected chi connectivity index (χ1v) is 7.39. The van der Waals surface area contributed by atoms with Crippen molar-refractivity contribution in [2.45, 2.75) is 45.6 Å². The summed E-state index contributed by atoms with van der Waals surface area (Å²) in [7, 11) is 0. The van der Waals surface area contributed by atoms with E-state index in [4.69, 9.17) is 10.5 Å².